The van der Waals surface area contributed by atoms with E-state index in [-0.39, 0.29) is 36.4 Å². The number of hydrogen-bond acceptors (Lipinski definition) is 2. The van der Waals surface area contributed by atoms with Gasteiger partial charge < -0.3 is 15.5 Å². The summed E-state index contributed by atoms with van der Waals surface area (Å²) in [6.07, 6.45) is 10.8. The number of anilines is 1. The Morgan fingerprint density at radius 2 is 2.00 bits per heavy atom. The number of halogens is 1. The van der Waals surface area contributed by atoms with E-state index in [2.05, 4.69) is 33.4 Å². The number of fused-ring (bicyclic) bond motifs is 1. The van der Waals surface area contributed by atoms with Crippen molar-refractivity contribution < 1.29 is 4.79 Å². The van der Waals surface area contributed by atoms with E-state index in [9.17, 15) is 4.79 Å². The Hall–Kier alpha value is -1.75. The van der Waals surface area contributed by atoms with Gasteiger partial charge in [0.15, 0.2) is 5.96 Å². The molecule has 1 aromatic rings. The van der Waals surface area contributed by atoms with Crippen LogP contribution in [0.15, 0.2) is 29.3 Å². The first-order chi connectivity index (χ1) is 12.7. The first-order valence-corrected chi connectivity index (χ1v) is 9.59. The Morgan fingerprint density at radius 1 is 1.30 bits per heavy atom. The number of guanidine groups is 1. The van der Waals surface area contributed by atoms with Crippen molar-refractivity contribution in [3.05, 3.63) is 29.8 Å². The molecule has 1 saturated carbocycles. The average molecular weight is 480 g/mol. The van der Waals surface area contributed by atoms with Crippen molar-refractivity contribution in [1.82, 2.24) is 10.2 Å². The molecule has 27 heavy (non-hydrogen) atoms. The predicted octanol–water partition coefficient (Wildman–Crippen LogP) is 3.31. The van der Waals surface area contributed by atoms with E-state index in [1.165, 1.54) is 25.7 Å². The highest BCUT2D eigenvalue weighted by Crippen LogP contribution is 2.35. The van der Waals surface area contributed by atoms with Crippen LogP contribution in [0.2, 0.25) is 0 Å². The quantitative estimate of drug-likeness (QED) is 0.301. The van der Waals surface area contributed by atoms with Gasteiger partial charge in [0.2, 0.25) is 5.91 Å². The summed E-state index contributed by atoms with van der Waals surface area (Å²) < 4.78 is 0. The number of aliphatic imine (C=N–C) groups is 1. The molecule has 2 N–H and O–H groups in total. The number of nitrogens with zero attached hydrogens (tertiary/aromatic N) is 2. The first-order valence-electron chi connectivity index (χ1n) is 9.59. The molecule has 1 heterocycles. The van der Waals surface area contributed by atoms with Gasteiger partial charge >= 0.3 is 0 Å². The number of terminal acetylenes is 1. The third-order valence-electron chi connectivity index (χ3n) is 5.30. The number of hydrogen-bond donors (Lipinski definition) is 2. The summed E-state index contributed by atoms with van der Waals surface area (Å²) in [5, 5.41) is 6.21. The maximum absolute atomic E-state index is 12.3. The third-order valence-corrected chi connectivity index (χ3v) is 5.30. The molecule has 3 rings (SSSR count). The zero-order chi connectivity index (χ0) is 18.4. The molecular formula is C21H29IN4O. The highest BCUT2D eigenvalue weighted by Gasteiger charge is 2.35. The lowest BCUT2D eigenvalue weighted by Gasteiger charge is -2.22. The van der Waals surface area contributed by atoms with Gasteiger partial charge in [-0.1, -0.05) is 24.8 Å². The van der Waals surface area contributed by atoms with Crippen LogP contribution in [0.5, 0.6) is 0 Å². The monoisotopic (exact) mass is 480 g/mol. The van der Waals surface area contributed by atoms with Gasteiger partial charge in [-0.25, -0.2) is 4.99 Å². The fourth-order valence-corrected chi connectivity index (χ4v) is 4.04. The number of likely N-dealkylation sites (tertiary alicyclic amines) is 1. The van der Waals surface area contributed by atoms with E-state index >= 15 is 0 Å². The van der Waals surface area contributed by atoms with Crippen molar-refractivity contribution in [1.29, 1.82) is 0 Å². The lowest BCUT2D eigenvalue weighted by Crippen LogP contribution is -2.40. The highest BCUT2D eigenvalue weighted by atomic mass is 127. The number of nitrogens with one attached hydrogen (secondary N) is 2. The minimum atomic E-state index is -0.133. The standard InChI is InChI=1S/C21H28N4O.HI/c1-3-16-8-7-11-19(12-16)24-20(26)13-23-21(22-4-2)25-14-17-9-5-6-10-18(17)15-25;/h1,7-8,11-12,17-18H,4-6,9-10,13-15H2,2H3,(H,22,23)(H,24,26);1H. The molecule has 1 aliphatic heterocycles. The van der Waals surface area contributed by atoms with E-state index in [0.29, 0.717) is 5.69 Å². The van der Waals surface area contributed by atoms with E-state index in [1.54, 1.807) is 6.07 Å². The van der Waals surface area contributed by atoms with Gasteiger partial charge in [-0.2, -0.15) is 0 Å². The maximum Gasteiger partial charge on any atom is 0.246 e. The second-order valence-corrected chi connectivity index (χ2v) is 7.15. The van der Waals surface area contributed by atoms with Gasteiger partial charge in [-0.3, -0.25) is 4.79 Å². The number of amides is 1. The summed E-state index contributed by atoms with van der Waals surface area (Å²) in [4.78, 5) is 19.2. The molecule has 5 nitrogen and oxygen atoms in total. The summed E-state index contributed by atoms with van der Waals surface area (Å²) in [5.74, 6) is 4.87. The van der Waals surface area contributed by atoms with Crippen molar-refractivity contribution in [2.24, 2.45) is 16.8 Å². The van der Waals surface area contributed by atoms with E-state index in [4.69, 9.17) is 6.42 Å². The SMILES string of the molecule is C#Cc1cccc(NC(=O)CN=C(NCC)N2CC3CCCCC3C2)c1.I. The summed E-state index contributed by atoms with van der Waals surface area (Å²) in [6, 6.07) is 7.30. The van der Waals surface area contributed by atoms with Crippen LogP contribution in [-0.2, 0) is 4.79 Å². The number of benzene rings is 1. The average Bonchev–Trinajstić information content (AvgIpc) is 3.09. The summed E-state index contributed by atoms with van der Waals surface area (Å²) in [5.41, 5.74) is 1.46. The zero-order valence-corrected chi connectivity index (χ0v) is 18.2. The molecule has 0 bridgehead atoms. The molecule has 2 atom stereocenters. The molecule has 6 heteroatoms. The number of carbonyl (C=O) groups excluding carboxylic acids is 1. The van der Waals surface area contributed by atoms with Crippen LogP contribution < -0.4 is 10.6 Å². The second kappa shape index (κ2) is 10.5. The normalized spacial score (nSPS) is 21.6. The minimum Gasteiger partial charge on any atom is -0.357 e. The largest absolute Gasteiger partial charge is 0.357 e. The third kappa shape index (κ3) is 5.86. The number of rotatable bonds is 4. The van der Waals surface area contributed by atoms with Crippen molar-refractivity contribution in [3.63, 3.8) is 0 Å². The van der Waals surface area contributed by atoms with Crippen molar-refractivity contribution in [3.8, 4) is 12.3 Å². The maximum atomic E-state index is 12.3. The Morgan fingerprint density at radius 3 is 2.63 bits per heavy atom. The molecule has 1 amide bonds. The molecule has 0 aromatic heterocycles. The van der Waals surface area contributed by atoms with Gasteiger partial charge in [0, 0.05) is 30.9 Å². The summed E-state index contributed by atoms with van der Waals surface area (Å²) in [7, 11) is 0. The van der Waals surface area contributed by atoms with E-state index in [1.807, 2.05) is 18.2 Å². The zero-order valence-electron chi connectivity index (χ0n) is 15.9. The molecule has 1 aromatic carbocycles. The summed E-state index contributed by atoms with van der Waals surface area (Å²) >= 11 is 0. The number of carbonyl (C=O) groups is 1. The molecule has 146 valence electrons. The Balaban J connectivity index is 0.00000261. The van der Waals surface area contributed by atoms with Crippen LogP contribution in [0.25, 0.3) is 0 Å². The molecule has 1 saturated heterocycles. The smallest absolute Gasteiger partial charge is 0.246 e. The molecule has 2 fully saturated rings. The summed E-state index contributed by atoms with van der Waals surface area (Å²) in [6.45, 7) is 5.08. The topological polar surface area (TPSA) is 56.7 Å². The Labute approximate surface area is 179 Å². The second-order valence-electron chi connectivity index (χ2n) is 7.15. The molecule has 0 radical (unpaired) electrons. The molecular weight excluding hydrogens is 451 g/mol. The van der Waals surface area contributed by atoms with Crippen LogP contribution >= 0.6 is 24.0 Å². The Kier molecular flexibility index (Phi) is 8.42. The van der Waals surface area contributed by atoms with Gasteiger partial charge in [0.1, 0.15) is 6.54 Å². The highest BCUT2D eigenvalue weighted by molar-refractivity contribution is 14.0. The van der Waals surface area contributed by atoms with Gasteiger partial charge in [0.25, 0.3) is 0 Å². The van der Waals surface area contributed by atoms with Gasteiger partial charge in [0.05, 0.1) is 0 Å². The lowest BCUT2D eigenvalue weighted by atomic mass is 9.82. The van der Waals surface area contributed by atoms with Gasteiger partial charge in [-0.15, -0.1) is 30.4 Å². The lowest BCUT2D eigenvalue weighted by molar-refractivity contribution is -0.114. The van der Waals surface area contributed by atoms with Gasteiger partial charge in [-0.05, 0) is 49.8 Å². The van der Waals surface area contributed by atoms with E-state index in [0.717, 1.165) is 43.0 Å². The molecule has 2 unspecified atom stereocenters. The predicted molar refractivity (Wildman–Crippen MR) is 121 cm³/mol. The van der Waals surface area contributed by atoms with Crippen molar-refractivity contribution >= 4 is 41.5 Å². The molecule has 0 spiro atoms. The fraction of sp³-hybridized carbons (Fsp3) is 0.524. The first kappa shape index (κ1) is 21.5. The van der Waals surface area contributed by atoms with Crippen LogP contribution in [-0.4, -0.2) is 42.9 Å². The fourth-order valence-electron chi connectivity index (χ4n) is 4.04. The Bertz CT molecular complexity index is 698. The van der Waals surface area contributed by atoms with Crippen molar-refractivity contribution in [2.75, 3.05) is 31.5 Å². The minimum absolute atomic E-state index is 0. The van der Waals surface area contributed by atoms with Crippen LogP contribution in [0, 0.1) is 24.2 Å². The van der Waals surface area contributed by atoms with E-state index < -0.39 is 0 Å². The van der Waals surface area contributed by atoms with Crippen molar-refractivity contribution in [2.45, 2.75) is 32.6 Å². The van der Waals surface area contributed by atoms with Crippen LogP contribution in [0.3, 0.4) is 0 Å². The molecule has 1 aliphatic carbocycles. The van der Waals surface area contributed by atoms with Crippen LogP contribution in [0.4, 0.5) is 5.69 Å². The van der Waals surface area contributed by atoms with Crippen LogP contribution in [0.1, 0.15) is 38.2 Å². The molecule has 2 aliphatic rings.